The van der Waals surface area contributed by atoms with Crippen LogP contribution in [-0.4, -0.2) is 25.4 Å². The van der Waals surface area contributed by atoms with E-state index in [2.05, 4.69) is 4.98 Å². The number of rotatable bonds is 4. The van der Waals surface area contributed by atoms with E-state index in [0.717, 1.165) is 11.9 Å². The molecule has 0 unspecified atom stereocenters. The molecule has 2 aromatic rings. The second-order valence-electron chi connectivity index (χ2n) is 4.67. The zero-order chi connectivity index (χ0) is 14.8. The van der Waals surface area contributed by atoms with Crippen LogP contribution in [0.15, 0.2) is 47.5 Å². The molecule has 1 aromatic heterocycles. The molecule has 0 radical (unpaired) electrons. The van der Waals surface area contributed by atoms with Crippen LogP contribution in [0, 0.1) is 6.92 Å². The summed E-state index contributed by atoms with van der Waals surface area (Å²) >= 11 is 0. The first kappa shape index (κ1) is 17.3. The lowest BCUT2D eigenvalue weighted by Crippen LogP contribution is -2.09. The van der Waals surface area contributed by atoms with Crippen molar-refractivity contribution in [1.29, 1.82) is 0 Å². The fourth-order valence-corrected chi connectivity index (χ4v) is 2.86. The number of hydrogen-bond donors (Lipinski definition) is 0. The lowest BCUT2D eigenvalue weighted by atomic mass is 10.0. The highest BCUT2D eigenvalue weighted by Gasteiger charge is 2.16. The van der Waals surface area contributed by atoms with Gasteiger partial charge < -0.3 is 0 Å². The Morgan fingerprint density at radius 2 is 1.81 bits per heavy atom. The lowest BCUT2D eigenvalue weighted by Gasteiger charge is -2.07. The van der Waals surface area contributed by atoms with Gasteiger partial charge in [0, 0.05) is 30.1 Å². The van der Waals surface area contributed by atoms with E-state index in [4.69, 9.17) is 0 Å². The van der Waals surface area contributed by atoms with Crippen molar-refractivity contribution in [3.05, 3.63) is 59.4 Å². The van der Waals surface area contributed by atoms with Crippen molar-refractivity contribution in [2.75, 3.05) is 6.26 Å². The van der Waals surface area contributed by atoms with E-state index in [1.54, 1.807) is 30.3 Å². The zero-order valence-corrected chi connectivity index (χ0v) is 13.4. The van der Waals surface area contributed by atoms with Crippen LogP contribution in [0.5, 0.6) is 0 Å². The Labute approximate surface area is 130 Å². The molecule has 0 amide bonds. The predicted molar refractivity (Wildman–Crippen MR) is 83.8 cm³/mol. The van der Waals surface area contributed by atoms with E-state index in [1.807, 2.05) is 6.92 Å². The topological polar surface area (TPSA) is 64.1 Å². The molecule has 1 aromatic carbocycles. The first-order chi connectivity index (χ1) is 9.38. The number of aryl methyl sites for hydroxylation is 1. The molecular weight excluding hydrogens is 310 g/mol. The second-order valence-corrected chi connectivity index (χ2v) is 6.65. The van der Waals surface area contributed by atoms with Gasteiger partial charge in [0.1, 0.15) is 0 Å². The highest BCUT2D eigenvalue weighted by molar-refractivity contribution is 7.90. The molecule has 1 heterocycles. The number of Topliss-reactive ketones (excluding diaryl/α,β-unsaturated/α-hetero) is 1. The van der Waals surface area contributed by atoms with E-state index < -0.39 is 9.84 Å². The maximum Gasteiger partial charge on any atom is 0.175 e. The number of carbonyl (C=O) groups is 1. The van der Waals surface area contributed by atoms with Gasteiger partial charge in [0.05, 0.1) is 4.90 Å². The normalized spacial score (nSPS) is 10.8. The van der Waals surface area contributed by atoms with E-state index >= 15 is 0 Å². The number of carbonyl (C=O) groups excluding carboxylic acids is 1. The van der Waals surface area contributed by atoms with Gasteiger partial charge in [-0.1, -0.05) is 18.2 Å². The van der Waals surface area contributed by atoms with Crippen LogP contribution in [0.4, 0.5) is 0 Å². The van der Waals surface area contributed by atoms with Crippen molar-refractivity contribution in [1.82, 2.24) is 4.98 Å². The molecule has 0 fully saturated rings. The summed E-state index contributed by atoms with van der Waals surface area (Å²) in [5.74, 6) is -0.145. The Kier molecular flexibility index (Phi) is 5.63. The maximum atomic E-state index is 12.2. The molecular formula is C15H16ClNO3S. The Bertz CT molecular complexity index is 740. The van der Waals surface area contributed by atoms with Crippen molar-refractivity contribution < 1.29 is 13.2 Å². The Balaban J connectivity index is 0.00000220. The minimum Gasteiger partial charge on any atom is -0.294 e. The molecule has 0 N–H and O–H groups in total. The van der Waals surface area contributed by atoms with Gasteiger partial charge in [-0.15, -0.1) is 12.4 Å². The molecule has 0 saturated heterocycles. The lowest BCUT2D eigenvalue weighted by molar-refractivity contribution is 0.0992. The van der Waals surface area contributed by atoms with Gasteiger partial charge in [-0.25, -0.2) is 8.42 Å². The molecule has 0 bridgehead atoms. The fraction of sp³-hybridized carbons (Fsp3) is 0.200. The summed E-state index contributed by atoms with van der Waals surface area (Å²) in [7, 11) is -3.34. The highest BCUT2D eigenvalue weighted by atomic mass is 35.5. The minimum absolute atomic E-state index is 0. The third-order valence-electron chi connectivity index (χ3n) is 2.96. The quantitative estimate of drug-likeness (QED) is 0.811. The Morgan fingerprint density at radius 3 is 2.38 bits per heavy atom. The van der Waals surface area contributed by atoms with Crippen molar-refractivity contribution in [3.63, 3.8) is 0 Å². The van der Waals surface area contributed by atoms with Gasteiger partial charge in [-0.3, -0.25) is 9.78 Å². The summed E-state index contributed by atoms with van der Waals surface area (Å²) < 4.78 is 23.4. The van der Waals surface area contributed by atoms with Crippen molar-refractivity contribution in [2.45, 2.75) is 18.2 Å². The highest BCUT2D eigenvalue weighted by Crippen LogP contribution is 2.17. The molecule has 0 aliphatic heterocycles. The molecule has 21 heavy (non-hydrogen) atoms. The van der Waals surface area contributed by atoms with Gasteiger partial charge in [0.15, 0.2) is 15.6 Å². The molecule has 0 atom stereocenters. The summed E-state index contributed by atoms with van der Waals surface area (Å²) in [6.07, 6.45) is 2.71. The van der Waals surface area contributed by atoms with E-state index in [-0.39, 0.29) is 29.5 Å². The molecule has 0 aliphatic carbocycles. The van der Waals surface area contributed by atoms with Crippen molar-refractivity contribution in [2.24, 2.45) is 0 Å². The van der Waals surface area contributed by atoms with Gasteiger partial charge in [-0.05, 0) is 30.7 Å². The van der Waals surface area contributed by atoms with Gasteiger partial charge >= 0.3 is 0 Å². The average Bonchev–Trinajstić information content (AvgIpc) is 2.38. The smallest absolute Gasteiger partial charge is 0.175 e. The van der Waals surface area contributed by atoms with E-state index in [1.165, 1.54) is 12.3 Å². The van der Waals surface area contributed by atoms with Crippen LogP contribution in [0.2, 0.25) is 0 Å². The summed E-state index contributed by atoms with van der Waals surface area (Å²) in [4.78, 5) is 16.4. The van der Waals surface area contributed by atoms with Crippen molar-refractivity contribution >= 4 is 28.0 Å². The van der Waals surface area contributed by atoms with Crippen LogP contribution in [-0.2, 0) is 16.3 Å². The standard InChI is InChI=1S/C15H15NO3S.ClH/c1-11-7-8-13(10-16-11)14(17)9-12-5-3-4-6-15(12)20(2,18)19;/h3-8,10H,9H2,1-2H3;1H. The molecule has 112 valence electrons. The van der Waals surface area contributed by atoms with Gasteiger partial charge in [-0.2, -0.15) is 0 Å². The number of hydrogen-bond acceptors (Lipinski definition) is 4. The molecule has 6 heteroatoms. The summed E-state index contributed by atoms with van der Waals surface area (Å²) in [6, 6.07) is 10.0. The monoisotopic (exact) mass is 325 g/mol. The van der Waals surface area contributed by atoms with Gasteiger partial charge in [0.2, 0.25) is 0 Å². The minimum atomic E-state index is -3.34. The Hall–Kier alpha value is -1.72. The summed E-state index contributed by atoms with van der Waals surface area (Å²) in [5.41, 5.74) is 1.83. The zero-order valence-electron chi connectivity index (χ0n) is 11.7. The first-order valence-electron chi connectivity index (χ1n) is 6.12. The van der Waals surface area contributed by atoms with Gasteiger partial charge in [0.25, 0.3) is 0 Å². The number of aromatic nitrogens is 1. The number of halogens is 1. The molecule has 0 saturated carbocycles. The van der Waals surface area contributed by atoms with Crippen LogP contribution in [0.1, 0.15) is 21.6 Å². The predicted octanol–water partition coefficient (Wildman–Crippen LogP) is 2.64. The number of ketones is 1. The number of sulfone groups is 1. The molecule has 0 spiro atoms. The SMILES string of the molecule is Cc1ccc(C(=O)Cc2ccccc2S(C)(=O)=O)cn1.Cl. The average molecular weight is 326 g/mol. The van der Waals surface area contributed by atoms with Crippen molar-refractivity contribution in [3.8, 4) is 0 Å². The molecule has 4 nitrogen and oxygen atoms in total. The third-order valence-corrected chi connectivity index (χ3v) is 4.15. The second kappa shape index (κ2) is 6.83. The third kappa shape index (κ3) is 4.37. The largest absolute Gasteiger partial charge is 0.294 e. The Morgan fingerprint density at radius 1 is 1.14 bits per heavy atom. The summed E-state index contributed by atoms with van der Waals surface area (Å²) in [5, 5.41) is 0. The fourth-order valence-electron chi connectivity index (χ4n) is 1.92. The van der Waals surface area contributed by atoms with E-state index in [9.17, 15) is 13.2 Å². The first-order valence-corrected chi connectivity index (χ1v) is 8.01. The van der Waals surface area contributed by atoms with Crippen LogP contribution in [0.3, 0.4) is 0 Å². The molecule has 0 aliphatic rings. The van der Waals surface area contributed by atoms with Crippen LogP contribution >= 0.6 is 12.4 Å². The number of pyridine rings is 1. The molecule has 2 rings (SSSR count). The van der Waals surface area contributed by atoms with E-state index in [0.29, 0.717) is 11.1 Å². The number of nitrogens with zero attached hydrogens (tertiary/aromatic N) is 1. The maximum absolute atomic E-state index is 12.2. The van der Waals surface area contributed by atoms with Crippen LogP contribution in [0.25, 0.3) is 0 Å². The van der Waals surface area contributed by atoms with Crippen LogP contribution < -0.4 is 0 Å². The summed E-state index contributed by atoms with van der Waals surface area (Å²) in [6.45, 7) is 1.84. The number of benzene rings is 1.